The van der Waals surface area contributed by atoms with Gasteiger partial charge in [-0.2, -0.15) is 0 Å². The van der Waals surface area contributed by atoms with Crippen molar-refractivity contribution < 1.29 is 4.79 Å². The van der Waals surface area contributed by atoms with Gasteiger partial charge in [-0.05, 0) is 35.1 Å². The Hall–Kier alpha value is -1.63. The maximum absolute atomic E-state index is 12.7. The molecule has 0 spiro atoms. The Bertz CT molecular complexity index is 623. The van der Waals surface area contributed by atoms with E-state index in [-0.39, 0.29) is 0 Å². The Morgan fingerprint density at radius 1 is 1.10 bits per heavy atom. The van der Waals surface area contributed by atoms with Crippen LogP contribution in [0.25, 0.3) is 10.8 Å². The number of ketones is 1. The molecular weight excluding hydrogens is 256 g/mol. The molecule has 2 atom stereocenters. The lowest BCUT2D eigenvalue weighted by Crippen LogP contribution is -2.24. The predicted octanol–water partition coefficient (Wildman–Crippen LogP) is 5.17. The molecule has 0 bridgehead atoms. The Morgan fingerprint density at radius 2 is 1.90 bits per heavy atom. The number of benzene rings is 2. The molecule has 0 heterocycles. The SMILES string of the molecule is CCC1CCCC(C(=O)Cc2cccc3ccccc23)C1. The van der Waals surface area contributed by atoms with Crippen molar-refractivity contribution >= 4 is 16.6 Å². The summed E-state index contributed by atoms with van der Waals surface area (Å²) in [6.07, 6.45) is 6.57. The zero-order valence-electron chi connectivity index (χ0n) is 12.8. The summed E-state index contributed by atoms with van der Waals surface area (Å²) < 4.78 is 0. The summed E-state index contributed by atoms with van der Waals surface area (Å²) in [5, 5.41) is 2.47. The summed E-state index contributed by atoms with van der Waals surface area (Å²) in [5.74, 6) is 1.51. The van der Waals surface area contributed by atoms with Crippen LogP contribution in [0.4, 0.5) is 0 Å². The summed E-state index contributed by atoms with van der Waals surface area (Å²) in [6, 6.07) is 14.7. The average Bonchev–Trinajstić information content (AvgIpc) is 2.55. The maximum Gasteiger partial charge on any atom is 0.140 e. The second-order valence-electron chi connectivity index (χ2n) is 6.42. The van der Waals surface area contributed by atoms with Crippen molar-refractivity contribution in [3.8, 4) is 0 Å². The minimum absolute atomic E-state index is 0.294. The van der Waals surface area contributed by atoms with Gasteiger partial charge in [0.25, 0.3) is 0 Å². The predicted molar refractivity (Wildman–Crippen MR) is 88.4 cm³/mol. The summed E-state index contributed by atoms with van der Waals surface area (Å²) >= 11 is 0. The van der Waals surface area contributed by atoms with Crippen LogP contribution in [0.1, 0.15) is 44.6 Å². The monoisotopic (exact) mass is 280 g/mol. The summed E-state index contributed by atoms with van der Waals surface area (Å²) in [4.78, 5) is 12.7. The van der Waals surface area contributed by atoms with E-state index in [1.54, 1.807) is 0 Å². The Morgan fingerprint density at radius 3 is 2.76 bits per heavy atom. The van der Waals surface area contributed by atoms with E-state index in [4.69, 9.17) is 0 Å². The molecule has 2 aromatic rings. The quantitative estimate of drug-likeness (QED) is 0.755. The molecule has 2 unspecified atom stereocenters. The first kappa shape index (κ1) is 14.3. The first-order chi connectivity index (χ1) is 10.3. The van der Waals surface area contributed by atoms with Gasteiger partial charge >= 0.3 is 0 Å². The van der Waals surface area contributed by atoms with Crippen molar-refractivity contribution in [1.29, 1.82) is 0 Å². The number of hydrogen-bond acceptors (Lipinski definition) is 1. The van der Waals surface area contributed by atoms with Gasteiger partial charge in [-0.1, -0.05) is 68.7 Å². The van der Waals surface area contributed by atoms with Gasteiger partial charge in [0, 0.05) is 12.3 Å². The third kappa shape index (κ3) is 3.18. The second-order valence-corrected chi connectivity index (χ2v) is 6.42. The highest BCUT2D eigenvalue weighted by molar-refractivity contribution is 5.91. The molecule has 0 radical (unpaired) electrons. The molecule has 0 amide bonds. The molecule has 3 rings (SSSR count). The molecular formula is C20H24O. The van der Waals surface area contributed by atoms with Crippen LogP contribution < -0.4 is 0 Å². The number of carbonyl (C=O) groups excluding carboxylic acids is 1. The van der Waals surface area contributed by atoms with Crippen LogP contribution >= 0.6 is 0 Å². The van der Waals surface area contributed by atoms with Gasteiger partial charge in [0.05, 0.1) is 0 Å². The van der Waals surface area contributed by atoms with Gasteiger partial charge in [0.15, 0.2) is 0 Å². The Kier molecular flexibility index (Phi) is 4.38. The van der Waals surface area contributed by atoms with Crippen LogP contribution in [0.5, 0.6) is 0 Å². The van der Waals surface area contributed by atoms with E-state index in [2.05, 4.69) is 49.4 Å². The fourth-order valence-electron chi connectivity index (χ4n) is 3.73. The van der Waals surface area contributed by atoms with Gasteiger partial charge in [0.1, 0.15) is 5.78 Å². The zero-order chi connectivity index (χ0) is 14.7. The largest absolute Gasteiger partial charge is 0.299 e. The lowest BCUT2D eigenvalue weighted by molar-refractivity contribution is -0.123. The van der Waals surface area contributed by atoms with Crippen molar-refractivity contribution in [2.45, 2.75) is 45.4 Å². The van der Waals surface area contributed by atoms with Gasteiger partial charge in [-0.25, -0.2) is 0 Å². The molecule has 1 nitrogen and oxygen atoms in total. The molecule has 0 aromatic heterocycles. The van der Waals surface area contributed by atoms with Gasteiger partial charge in [-0.3, -0.25) is 4.79 Å². The number of hydrogen-bond donors (Lipinski definition) is 0. The van der Waals surface area contributed by atoms with E-state index in [9.17, 15) is 4.79 Å². The van der Waals surface area contributed by atoms with Crippen molar-refractivity contribution in [1.82, 2.24) is 0 Å². The van der Waals surface area contributed by atoms with E-state index in [0.29, 0.717) is 18.1 Å². The van der Waals surface area contributed by atoms with Crippen molar-refractivity contribution in [2.75, 3.05) is 0 Å². The fourth-order valence-corrected chi connectivity index (χ4v) is 3.73. The van der Waals surface area contributed by atoms with Crippen LogP contribution in [-0.4, -0.2) is 5.78 Å². The van der Waals surface area contributed by atoms with E-state index in [0.717, 1.165) is 18.8 Å². The molecule has 1 saturated carbocycles. The third-order valence-electron chi connectivity index (χ3n) is 5.06. The van der Waals surface area contributed by atoms with E-state index in [1.807, 2.05) is 0 Å². The lowest BCUT2D eigenvalue weighted by atomic mass is 9.77. The van der Waals surface area contributed by atoms with E-state index < -0.39 is 0 Å². The first-order valence-electron chi connectivity index (χ1n) is 8.27. The Balaban J connectivity index is 1.77. The zero-order valence-corrected chi connectivity index (χ0v) is 12.8. The maximum atomic E-state index is 12.7. The molecule has 21 heavy (non-hydrogen) atoms. The number of Topliss-reactive ketones (excluding diaryl/α,β-unsaturated/α-hetero) is 1. The lowest BCUT2D eigenvalue weighted by Gasteiger charge is -2.27. The fraction of sp³-hybridized carbons (Fsp3) is 0.450. The number of rotatable bonds is 4. The van der Waals surface area contributed by atoms with Crippen LogP contribution in [-0.2, 0) is 11.2 Å². The highest BCUT2D eigenvalue weighted by Gasteiger charge is 2.26. The Labute approximate surface area is 127 Å². The van der Waals surface area contributed by atoms with Crippen LogP contribution in [0.15, 0.2) is 42.5 Å². The first-order valence-corrected chi connectivity index (χ1v) is 8.27. The molecule has 1 heteroatoms. The van der Waals surface area contributed by atoms with Gasteiger partial charge < -0.3 is 0 Å². The highest BCUT2D eigenvalue weighted by Crippen LogP contribution is 2.32. The summed E-state index contributed by atoms with van der Waals surface area (Å²) in [6.45, 7) is 2.25. The normalized spacial score (nSPS) is 22.3. The summed E-state index contributed by atoms with van der Waals surface area (Å²) in [7, 11) is 0. The van der Waals surface area contributed by atoms with Gasteiger partial charge in [-0.15, -0.1) is 0 Å². The molecule has 0 aliphatic heterocycles. The molecule has 0 saturated heterocycles. The number of fused-ring (bicyclic) bond motifs is 1. The van der Waals surface area contributed by atoms with Gasteiger partial charge in [0.2, 0.25) is 0 Å². The standard InChI is InChI=1S/C20H24O/c1-2-15-7-5-11-18(13-15)20(21)14-17-10-6-9-16-8-3-4-12-19(16)17/h3-4,6,8-10,12,15,18H,2,5,7,11,13-14H2,1H3. The molecule has 0 N–H and O–H groups in total. The molecule has 2 aromatic carbocycles. The van der Waals surface area contributed by atoms with Crippen molar-refractivity contribution in [3.63, 3.8) is 0 Å². The summed E-state index contributed by atoms with van der Waals surface area (Å²) in [5.41, 5.74) is 1.19. The van der Waals surface area contributed by atoms with Crippen molar-refractivity contribution in [3.05, 3.63) is 48.0 Å². The minimum atomic E-state index is 0.294. The average molecular weight is 280 g/mol. The molecule has 1 aliphatic rings. The minimum Gasteiger partial charge on any atom is -0.299 e. The smallest absolute Gasteiger partial charge is 0.140 e. The van der Waals surface area contributed by atoms with Crippen molar-refractivity contribution in [2.24, 2.45) is 11.8 Å². The molecule has 1 fully saturated rings. The second kappa shape index (κ2) is 6.43. The van der Waals surface area contributed by atoms with E-state index in [1.165, 1.54) is 35.6 Å². The van der Waals surface area contributed by atoms with E-state index >= 15 is 0 Å². The molecule has 110 valence electrons. The highest BCUT2D eigenvalue weighted by atomic mass is 16.1. The number of carbonyl (C=O) groups is 1. The van der Waals surface area contributed by atoms with Crippen LogP contribution in [0.3, 0.4) is 0 Å². The topological polar surface area (TPSA) is 17.1 Å². The molecule has 1 aliphatic carbocycles. The van der Waals surface area contributed by atoms with Crippen LogP contribution in [0, 0.1) is 11.8 Å². The van der Waals surface area contributed by atoms with Crippen LogP contribution in [0.2, 0.25) is 0 Å². The third-order valence-corrected chi connectivity index (χ3v) is 5.06.